The highest BCUT2D eigenvalue weighted by atomic mass is 79.9. The summed E-state index contributed by atoms with van der Waals surface area (Å²) < 4.78 is 24.7. The minimum Gasteiger partial charge on any atom is -0.380 e. The molecule has 6 aliphatic carbocycles. The van der Waals surface area contributed by atoms with Gasteiger partial charge in [-0.1, -0.05) is 79.4 Å². The van der Waals surface area contributed by atoms with Gasteiger partial charge in [-0.15, -0.1) is 0 Å². The Morgan fingerprint density at radius 2 is 1.19 bits per heavy atom. The van der Waals surface area contributed by atoms with Crippen LogP contribution < -0.4 is 5.73 Å². The fourth-order valence-corrected chi connectivity index (χ4v) is 15.8. The molecule has 0 unspecified atom stereocenters. The van der Waals surface area contributed by atoms with Gasteiger partial charge in [-0.2, -0.15) is 0 Å². The van der Waals surface area contributed by atoms with E-state index < -0.39 is 0 Å². The molecular weight excluding hydrogens is 904 g/mol. The summed E-state index contributed by atoms with van der Waals surface area (Å²) in [7, 11) is 0. The fourth-order valence-electron chi connectivity index (χ4n) is 15.4. The van der Waals surface area contributed by atoms with Gasteiger partial charge < -0.3 is 24.7 Å². The second-order valence-corrected chi connectivity index (χ2v) is 23.8. The summed E-state index contributed by atoms with van der Waals surface area (Å²) >= 11 is 6.48. The Labute approximate surface area is 389 Å². The van der Waals surface area contributed by atoms with E-state index in [9.17, 15) is 0 Å². The van der Waals surface area contributed by atoms with Gasteiger partial charge in [0.15, 0.2) is 0 Å². The molecule has 340 valence electrons. The van der Waals surface area contributed by atoms with E-state index in [0.717, 1.165) is 94.5 Å². The first-order valence-corrected chi connectivity index (χ1v) is 27.1. The number of benzene rings is 2. The summed E-state index contributed by atoms with van der Waals surface area (Å²) in [6.07, 6.45) is 17.9. The van der Waals surface area contributed by atoms with Crippen LogP contribution in [0.15, 0.2) is 36.4 Å². The topological polar surface area (TPSA) is 72.7 Å². The molecule has 4 saturated carbocycles. The van der Waals surface area contributed by atoms with Crippen LogP contribution in [0.4, 0.5) is 0 Å². The van der Waals surface area contributed by atoms with Crippen molar-refractivity contribution in [2.24, 2.45) is 17.6 Å². The predicted molar refractivity (Wildman–Crippen MR) is 254 cm³/mol. The zero-order valence-corrected chi connectivity index (χ0v) is 41.1. The molecule has 0 aromatic heterocycles. The van der Waals surface area contributed by atoms with Crippen LogP contribution in [0.5, 0.6) is 0 Å². The molecule has 8 atom stereocenters. The molecule has 2 aromatic carbocycles. The molecule has 0 radical (unpaired) electrons. The number of fused-ring (bicyclic) bond motifs is 6. The molecule has 8 nitrogen and oxygen atoms in total. The van der Waals surface area contributed by atoms with Gasteiger partial charge in [0.2, 0.25) is 0 Å². The summed E-state index contributed by atoms with van der Waals surface area (Å²) in [6.45, 7) is 16.8. The summed E-state index contributed by atoms with van der Waals surface area (Å²) in [5, 5.41) is 1.86. The SMILES string of the molecule is BrCCOCCBr.Cc1ccc2c(c1)[C@]13CCN(CC4CC4)[C@H](C2)[C@]12CC[C@@](N)(CO2)C3.Cc1ccc2c(c1)[C@]13CCN(CC4CC4)[C@H](C2)[C@]12CC[C@@](N1CCOCC1)(CO2)C3. The Bertz CT molecular complexity index is 1950. The van der Waals surface area contributed by atoms with Crippen LogP contribution in [-0.2, 0) is 42.6 Å². The van der Waals surface area contributed by atoms with Crippen LogP contribution >= 0.6 is 31.9 Å². The third-order valence-corrected chi connectivity index (χ3v) is 19.2. The molecule has 8 bridgehead atoms. The summed E-state index contributed by atoms with van der Waals surface area (Å²) in [5.74, 6) is 1.90. The van der Waals surface area contributed by atoms with Gasteiger partial charge in [0, 0.05) is 70.8 Å². The Balaban J connectivity index is 0.000000123. The van der Waals surface area contributed by atoms with E-state index >= 15 is 0 Å². The number of nitrogens with two attached hydrogens (primary N) is 1. The number of rotatable bonds is 9. The van der Waals surface area contributed by atoms with Gasteiger partial charge in [-0.3, -0.25) is 14.7 Å². The van der Waals surface area contributed by atoms with Crippen molar-refractivity contribution in [1.29, 1.82) is 0 Å². The zero-order chi connectivity index (χ0) is 42.4. The normalized spacial score (nSPS) is 40.2. The van der Waals surface area contributed by atoms with Crippen molar-refractivity contribution >= 4 is 31.9 Å². The van der Waals surface area contributed by atoms with Gasteiger partial charge in [-0.25, -0.2) is 0 Å². The molecule has 62 heavy (non-hydrogen) atoms. The molecule has 0 amide bonds. The molecule has 7 aliphatic heterocycles. The minimum atomic E-state index is -0.108. The molecule has 7 saturated heterocycles. The number of likely N-dealkylation sites (tertiary alicyclic amines) is 2. The van der Waals surface area contributed by atoms with Crippen molar-refractivity contribution in [2.75, 3.05) is 89.6 Å². The van der Waals surface area contributed by atoms with Gasteiger partial charge in [0.1, 0.15) is 0 Å². The highest BCUT2D eigenvalue weighted by molar-refractivity contribution is 9.09. The van der Waals surface area contributed by atoms with E-state index in [1.165, 1.54) is 108 Å². The quantitative estimate of drug-likeness (QED) is 0.201. The standard InChI is InChI=1S/C26H36N2O2.C22H30N2O.C4H8Br2O/c1-19-2-5-21-15-23-26-7-6-24(18-30-26,28-10-12-29-13-11-28)17-25(26,22(21)14-19)8-9-27(23)16-20-3-4-20;1-15-2-5-17-11-19-22-7-6-20(23,14-25-22)13-21(22,18(17)10-15)8-9-24(19)12-16-3-4-16;5-1-3-7-4-2-6/h2,5,14,20,23H,3-4,6-13,15-18H2,1H3;2,5,10,16,19H,3-4,6-9,11-14,23H2,1H3;1-4H2/t23-,24+,25-,26-;19-,20+,21-,22-;/m11./s1. The number of morpholine rings is 1. The van der Waals surface area contributed by atoms with Crippen LogP contribution in [-0.4, -0.2) is 139 Å². The highest BCUT2D eigenvalue weighted by Crippen LogP contribution is 2.67. The predicted octanol–water partition coefficient (Wildman–Crippen LogP) is 8.01. The molecular formula is C52H74Br2N4O4. The molecule has 13 aliphatic rings. The number of ether oxygens (including phenoxy) is 4. The van der Waals surface area contributed by atoms with Crippen molar-refractivity contribution in [3.05, 3.63) is 69.8 Å². The molecule has 2 aromatic rings. The Morgan fingerprint density at radius 1 is 0.661 bits per heavy atom. The lowest BCUT2D eigenvalue weighted by Crippen LogP contribution is -2.81. The van der Waals surface area contributed by atoms with Crippen LogP contribution in [0.1, 0.15) is 110 Å². The van der Waals surface area contributed by atoms with Crippen molar-refractivity contribution in [3.63, 3.8) is 0 Å². The lowest BCUT2D eigenvalue weighted by molar-refractivity contribution is -0.284. The molecule has 7 heterocycles. The monoisotopic (exact) mass is 976 g/mol. The van der Waals surface area contributed by atoms with E-state index in [1.54, 1.807) is 22.3 Å². The molecule has 15 rings (SSSR count). The van der Waals surface area contributed by atoms with E-state index in [4.69, 9.17) is 24.7 Å². The number of piperidine rings is 2. The Morgan fingerprint density at radius 3 is 1.68 bits per heavy atom. The van der Waals surface area contributed by atoms with Crippen molar-refractivity contribution in [1.82, 2.24) is 14.7 Å². The average molecular weight is 979 g/mol. The minimum absolute atomic E-state index is 0.0159. The zero-order valence-electron chi connectivity index (χ0n) is 37.9. The summed E-state index contributed by atoms with van der Waals surface area (Å²) in [4.78, 5) is 8.43. The van der Waals surface area contributed by atoms with Crippen LogP contribution in [0.3, 0.4) is 0 Å². The maximum Gasteiger partial charge on any atom is 0.0938 e. The molecule has 11 fully saturated rings. The largest absolute Gasteiger partial charge is 0.380 e. The van der Waals surface area contributed by atoms with Crippen LogP contribution in [0, 0.1) is 25.7 Å². The Hall–Kier alpha value is -0.920. The number of alkyl halides is 2. The number of halogens is 2. The summed E-state index contributed by atoms with van der Waals surface area (Å²) in [6, 6.07) is 15.6. The van der Waals surface area contributed by atoms with E-state index in [1.807, 2.05) is 0 Å². The molecule has 10 heteroatoms. The van der Waals surface area contributed by atoms with Crippen molar-refractivity contribution < 1.29 is 18.9 Å². The van der Waals surface area contributed by atoms with E-state index in [0.29, 0.717) is 12.1 Å². The lowest BCUT2D eigenvalue weighted by atomic mass is 9.45. The number of hydrogen-bond donors (Lipinski definition) is 1. The lowest BCUT2D eigenvalue weighted by Gasteiger charge is -2.73. The van der Waals surface area contributed by atoms with Gasteiger partial charge in [-0.05, 0) is 151 Å². The first-order chi connectivity index (χ1) is 30.1. The van der Waals surface area contributed by atoms with Gasteiger partial charge in [0.05, 0.1) is 50.8 Å². The van der Waals surface area contributed by atoms with Crippen molar-refractivity contribution in [2.45, 2.75) is 149 Å². The first kappa shape index (κ1) is 43.6. The van der Waals surface area contributed by atoms with Crippen molar-refractivity contribution in [3.8, 4) is 0 Å². The first-order valence-electron chi connectivity index (χ1n) is 24.9. The Kier molecular flexibility index (Phi) is 11.7. The second kappa shape index (κ2) is 16.7. The fraction of sp³-hybridized carbons (Fsp3) is 0.769. The molecule has 2 spiro atoms. The average Bonchev–Trinajstić information content (AvgIpc) is 4.25. The number of aryl methyl sites for hydroxylation is 2. The van der Waals surface area contributed by atoms with Gasteiger partial charge >= 0.3 is 0 Å². The maximum atomic E-state index is 7.19. The maximum absolute atomic E-state index is 7.19. The number of hydrogen-bond acceptors (Lipinski definition) is 8. The van der Waals surface area contributed by atoms with Crippen LogP contribution in [0.25, 0.3) is 0 Å². The van der Waals surface area contributed by atoms with Crippen LogP contribution in [0.2, 0.25) is 0 Å². The van der Waals surface area contributed by atoms with E-state index in [-0.39, 0.29) is 33.1 Å². The smallest absolute Gasteiger partial charge is 0.0938 e. The summed E-state index contributed by atoms with van der Waals surface area (Å²) in [5.41, 5.74) is 16.6. The van der Waals surface area contributed by atoms with E-state index in [2.05, 4.69) is 96.8 Å². The number of nitrogens with zero attached hydrogens (tertiary/aromatic N) is 3. The highest BCUT2D eigenvalue weighted by Gasteiger charge is 2.73. The third-order valence-electron chi connectivity index (χ3n) is 18.6. The molecule has 2 N–H and O–H groups in total. The van der Waals surface area contributed by atoms with Gasteiger partial charge in [0.25, 0.3) is 0 Å². The second-order valence-electron chi connectivity index (χ2n) is 22.2. The third kappa shape index (κ3) is 7.14.